The predicted molar refractivity (Wildman–Crippen MR) is 119 cm³/mol. The largest absolute Gasteiger partial charge is 0.481 e. The van der Waals surface area contributed by atoms with Crippen LogP contribution >= 0.6 is 11.8 Å². The lowest BCUT2D eigenvalue weighted by Gasteiger charge is -2.12. The molecule has 2 heterocycles. The normalized spacial score (nSPS) is 14.8. The van der Waals surface area contributed by atoms with Gasteiger partial charge in [-0.05, 0) is 29.8 Å². The van der Waals surface area contributed by atoms with E-state index in [1.54, 1.807) is 11.8 Å². The number of anilines is 1. The Morgan fingerprint density at radius 1 is 1.14 bits per heavy atom. The Bertz CT molecular complexity index is 1120. The van der Waals surface area contributed by atoms with E-state index in [1.165, 1.54) is 15.6 Å². The number of benzene rings is 2. The molecule has 3 aromatic rings. The monoisotopic (exact) mass is 403 g/mol. The minimum absolute atomic E-state index is 0.185. The quantitative estimate of drug-likeness (QED) is 0.583. The van der Waals surface area contributed by atoms with E-state index in [-0.39, 0.29) is 6.42 Å². The summed E-state index contributed by atoms with van der Waals surface area (Å²) in [5.74, 6) is -0.751. The predicted octanol–water partition coefficient (Wildman–Crippen LogP) is 5.09. The van der Waals surface area contributed by atoms with Crippen LogP contribution in [0.5, 0.6) is 0 Å². The molecular weight excluding hydrogens is 380 g/mol. The molecule has 5 heteroatoms. The number of carboxylic acids is 1. The first-order valence-corrected chi connectivity index (χ1v) is 10.5. The summed E-state index contributed by atoms with van der Waals surface area (Å²) in [5.41, 5.74) is 3.51. The summed E-state index contributed by atoms with van der Waals surface area (Å²) in [6.45, 7) is 0.695. The first kappa shape index (κ1) is 19.3. The second kappa shape index (κ2) is 8.53. The van der Waals surface area contributed by atoms with Crippen molar-refractivity contribution in [3.05, 3.63) is 83.5 Å². The highest BCUT2D eigenvalue weighted by Crippen LogP contribution is 2.44. The summed E-state index contributed by atoms with van der Waals surface area (Å²) in [5, 5.41) is 11.2. The topological polar surface area (TPSA) is 44.4 Å². The molecule has 2 aromatic carbocycles. The Hall–Kier alpha value is -3.05. The van der Waals surface area contributed by atoms with Gasteiger partial charge in [-0.2, -0.15) is 4.57 Å². The van der Waals surface area contributed by atoms with Gasteiger partial charge in [0.25, 0.3) is 0 Å². The number of rotatable bonds is 6. The van der Waals surface area contributed by atoms with E-state index in [9.17, 15) is 4.79 Å². The Labute approximate surface area is 174 Å². The van der Waals surface area contributed by atoms with Crippen LogP contribution in [0.2, 0.25) is 0 Å². The fourth-order valence-corrected chi connectivity index (χ4v) is 4.61. The average Bonchev–Trinajstić information content (AvgIpc) is 3.05. The maximum Gasteiger partial charge on any atom is 0.303 e. The molecule has 0 atom stereocenters. The molecule has 0 aliphatic carbocycles. The van der Waals surface area contributed by atoms with Crippen molar-refractivity contribution in [3.63, 3.8) is 0 Å². The molecule has 0 spiro atoms. The fourth-order valence-electron chi connectivity index (χ4n) is 3.55. The molecule has 29 heavy (non-hydrogen) atoms. The van der Waals surface area contributed by atoms with E-state index in [0.717, 1.165) is 16.5 Å². The van der Waals surface area contributed by atoms with Crippen molar-refractivity contribution in [2.24, 2.45) is 0 Å². The van der Waals surface area contributed by atoms with Gasteiger partial charge in [0.15, 0.2) is 6.20 Å². The van der Waals surface area contributed by atoms with Crippen molar-refractivity contribution in [3.8, 4) is 0 Å². The van der Waals surface area contributed by atoms with Gasteiger partial charge in [-0.3, -0.25) is 4.79 Å². The highest BCUT2D eigenvalue weighted by Gasteiger charge is 2.20. The molecule has 0 bridgehead atoms. The van der Waals surface area contributed by atoms with Gasteiger partial charge in [0.1, 0.15) is 6.54 Å². The first-order chi connectivity index (χ1) is 14.1. The van der Waals surface area contributed by atoms with Gasteiger partial charge < -0.3 is 10.0 Å². The number of para-hydroxylation sites is 2. The third kappa shape index (κ3) is 4.20. The Kier molecular flexibility index (Phi) is 5.67. The number of carbonyl (C=O) groups is 1. The standard InChI is InChI=1S/C24H22N2O2S/c1-25-21-11-4-5-12-22(21)29-23(25)13-6-8-18-15-17-26(16-7-14-24(27)28)20-10-3-2-9-19(18)20/h2-6,8-13,15,17H,7,14,16H2,1H3/p+1. The minimum Gasteiger partial charge on any atom is -0.481 e. The molecule has 1 aromatic heterocycles. The second-order valence-corrected chi connectivity index (χ2v) is 8.03. The molecule has 146 valence electrons. The van der Waals surface area contributed by atoms with E-state index >= 15 is 0 Å². The molecule has 0 amide bonds. The molecule has 0 saturated carbocycles. The fraction of sp³-hybridized carbons (Fsp3) is 0.167. The number of carboxylic acid groups (broad SMARTS) is 1. The zero-order chi connectivity index (χ0) is 20.2. The van der Waals surface area contributed by atoms with Gasteiger partial charge in [-0.15, -0.1) is 0 Å². The number of aryl methyl sites for hydroxylation is 1. The summed E-state index contributed by atoms with van der Waals surface area (Å²) in [4.78, 5) is 14.3. The van der Waals surface area contributed by atoms with E-state index < -0.39 is 5.97 Å². The molecule has 0 radical (unpaired) electrons. The van der Waals surface area contributed by atoms with Gasteiger partial charge in [0.05, 0.1) is 22.5 Å². The van der Waals surface area contributed by atoms with Crippen molar-refractivity contribution in [1.29, 1.82) is 0 Å². The van der Waals surface area contributed by atoms with E-state index in [2.05, 4.69) is 77.2 Å². The van der Waals surface area contributed by atoms with Crippen LogP contribution in [0.15, 0.2) is 82.9 Å². The number of aromatic nitrogens is 1. The van der Waals surface area contributed by atoms with Crippen LogP contribution in [0, 0.1) is 0 Å². The average molecular weight is 404 g/mol. The number of aliphatic carboxylic acids is 1. The molecule has 0 saturated heterocycles. The maximum absolute atomic E-state index is 10.8. The van der Waals surface area contributed by atoms with Crippen LogP contribution in [0.3, 0.4) is 0 Å². The molecule has 1 N–H and O–H groups in total. The van der Waals surface area contributed by atoms with Crippen LogP contribution in [0.25, 0.3) is 17.0 Å². The van der Waals surface area contributed by atoms with Crippen LogP contribution in [0.1, 0.15) is 18.4 Å². The smallest absolute Gasteiger partial charge is 0.303 e. The van der Waals surface area contributed by atoms with Crippen LogP contribution in [0.4, 0.5) is 5.69 Å². The molecule has 4 rings (SSSR count). The van der Waals surface area contributed by atoms with Gasteiger partial charge >= 0.3 is 5.97 Å². The first-order valence-electron chi connectivity index (χ1n) is 9.65. The van der Waals surface area contributed by atoms with Gasteiger partial charge in [-0.1, -0.05) is 48.2 Å². The van der Waals surface area contributed by atoms with Gasteiger partial charge in [-0.25, -0.2) is 0 Å². The Balaban J connectivity index is 1.57. The van der Waals surface area contributed by atoms with Gasteiger partial charge in [0, 0.05) is 30.5 Å². The van der Waals surface area contributed by atoms with Crippen molar-refractivity contribution in [2.45, 2.75) is 24.3 Å². The lowest BCUT2D eigenvalue weighted by atomic mass is 10.1. The minimum atomic E-state index is -0.751. The van der Waals surface area contributed by atoms with Crippen molar-refractivity contribution < 1.29 is 14.5 Å². The maximum atomic E-state index is 10.8. The highest BCUT2D eigenvalue weighted by atomic mass is 32.2. The summed E-state index contributed by atoms with van der Waals surface area (Å²) < 4.78 is 2.13. The van der Waals surface area contributed by atoms with Crippen LogP contribution in [-0.4, -0.2) is 18.1 Å². The number of nitrogens with zero attached hydrogens (tertiary/aromatic N) is 2. The summed E-state index contributed by atoms with van der Waals surface area (Å²) in [6.07, 6.45) is 9.23. The van der Waals surface area contributed by atoms with Crippen LogP contribution < -0.4 is 9.47 Å². The van der Waals surface area contributed by atoms with E-state index in [4.69, 9.17) is 5.11 Å². The van der Waals surface area contributed by atoms with Gasteiger partial charge in [0.2, 0.25) is 5.52 Å². The Morgan fingerprint density at radius 2 is 1.93 bits per heavy atom. The number of allylic oxidation sites excluding steroid dienone is 2. The van der Waals surface area contributed by atoms with E-state index in [0.29, 0.717) is 13.0 Å². The summed E-state index contributed by atoms with van der Waals surface area (Å²) >= 11 is 1.78. The highest BCUT2D eigenvalue weighted by molar-refractivity contribution is 8.03. The zero-order valence-electron chi connectivity index (χ0n) is 16.3. The summed E-state index contributed by atoms with van der Waals surface area (Å²) in [6, 6.07) is 18.8. The van der Waals surface area contributed by atoms with Crippen molar-refractivity contribution in [2.75, 3.05) is 11.9 Å². The number of hydrogen-bond acceptors (Lipinski definition) is 3. The molecular formula is C24H23N2O2S+. The van der Waals surface area contributed by atoms with Crippen LogP contribution in [-0.2, 0) is 11.3 Å². The summed E-state index contributed by atoms with van der Waals surface area (Å²) in [7, 11) is 2.09. The second-order valence-electron chi connectivity index (χ2n) is 6.97. The van der Waals surface area contributed by atoms with E-state index in [1.807, 2.05) is 18.3 Å². The van der Waals surface area contributed by atoms with Crippen molar-refractivity contribution >= 4 is 40.4 Å². The van der Waals surface area contributed by atoms with Crippen molar-refractivity contribution in [1.82, 2.24) is 0 Å². The molecule has 1 aliphatic heterocycles. The third-order valence-corrected chi connectivity index (χ3v) is 6.22. The molecule has 0 unspecified atom stereocenters. The lowest BCUT2D eigenvalue weighted by molar-refractivity contribution is -0.671. The lowest BCUT2D eigenvalue weighted by Crippen LogP contribution is -2.34. The SMILES string of the molecule is CN1C(=CC=Cc2cc[n+](CCCC(=O)O)c3ccccc23)Sc2ccccc21. The number of fused-ring (bicyclic) bond motifs is 2. The molecule has 0 fully saturated rings. The number of hydrogen-bond donors (Lipinski definition) is 1. The molecule has 1 aliphatic rings. The Morgan fingerprint density at radius 3 is 2.76 bits per heavy atom. The number of thioether (sulfide) groups is 1. The third-order valence-electron chi connectivity index (χ3n) is 5.03. The number of pyridine rings is 1. The molecule has 4 nitrogen and oxygen atoms in total. The zero-order valence-corrected chi connectivity index (χ0v) is 17.1.